The minimum Gasteiger partial charge on any atom is -0.481 e. The number of carbonyl (C=O) groups is 1. The number of aryl methyl sites for hydroxylation is 2. The van der Waals surface area contributed by atoms with Gasteiger partial charge in [-0.3, -0.25) is 9.78 Å². The minimum atomic E-state index is -0.796. The van der Waals surface area contributed by atoms with Crippen molar-refractivity contribution in [3.63, 3.8) is 0 Å². The Bertz CT molecular complexity index is 1080. The number of unbranched alkanes of at least 4 members (excludes halogenated alkanes) is 2. The highest BCUT2D eigenvalue weighted by Gasteiger charge is 2.14. The van der Waals surface area contributed by atoms with Crippen LogP contribution in [0.25, 0.3) is 10.9 Å². The van der Waals surface area contributed by atoms with E-state index in [2.05, 4.69) is 34.6 Å². The van der Waals surface area contributed by atoms with E-state index in [1.165, 1.54) is 12.0 Å². The Kier molecular flexibility index (Phi) is 6.92. The number of para-hydroxylation sites is 1. The van der Waals surface area contributed by atoms with E-state index in [4.69, 9.17) is 4.98 Å². The number of nitrogens with one attached hydrogen (secondary N) is 1. The van der Waals surface area contributed by atoms with Gasteiger partial charge in [-0.25, -0.2) is 4.98 Å². The first kappa shape index (κ1) is 21.0. The minimum absolute atomic E-state index is 0.0720. The van der Waals surface area contributed by atoms with Gasteiger partial charge in [0.05, 0.1) is 11.9 Å². The van der Waals surface area contributed by atoms with E-state index in [1.54, 1.807) is 6.20 Å². The van der Waals surface area contributed by atoms with E-state index in [-0.39, 0.29) is 12.3 Å². The largest absolute Gasteiger partial charge is 0.481 e. The molecule has 160 valence electrons. The lowest BCUT2D eigenvalue weighted by molar-refractivity contribution is -0.137. The molecule has 2 aromatic heterocycles. The van der Waals surface area contributed by atoms with Gasteiger partial charge < -0.3 is 10.4 Å². The number of allylic oxidation sites excluding steroid dienone is 2. The average Bonchev–Trinajstić information content (AvgIpc) is 2.80. The Hall–Kier alpha value is -3.21. The third-order valence-electron chi connectivity index (χ3n) is 5.81. The van der Waals surface area contributed by atoms with Crippen LogP contribution in [-0.2, 0) is 17.6 Å². The van der Waals surface area contributed by atoms with Crippen LogP contribution in [0.3, 0.4) is 0 Å². The summed E-state index contributed by atoms with van der Waals surface area (Å²) in [6.45, 7) is 1.01. The molecule has 0 amide bonds. The van der Waals surface area contributed by atoms with E-state index < -0.39 is 5.97 Å². The number of aliphatic carboxylic acids is 1. The molecular formula is C26H29N3O2. The smallest absolute Gasteiger partial charge is 0.304 e. The molecule has 1 aliphatic rings. The molecule has 5 nitrogen and oxygen atoms in total. The predicted octanol–water partition coefficient (Wildman–Crippen LogP) is 5.52. The van der Waals surface area contributed by atoms with E-state index >= 15 is 0 Å². The fraction of sp³-hybridized carbons (Fsp3) is 0.346. The molecule has 1 aliphatic heterocycles. The van der Waals surface area contributed by atoms with Crippen LogP contribution in [0.2, 0.25) is 0 Å². The van der Waals surface area contributed by atoms with Crippen LogP contribution >= 0.6 is 0 Å². The zero-order valence-electron chi connectivity index (χ0n) is 17.8. The summed E-state index contributed by atoms with van der Waals surface area (Å²) >= 11 is 0. The number of fused-ring (bicyclic) bond motifs is 2. The van der Waals surface area contributed by atoms with Gasteiger partial charge in [0, 0.05) is 29.7 Å². The monoisotopic (exact) mass is 415 g/mol. The quantitative estimate of drug-likeness (QED) is 0.356. The van der Waals surface area contributed by atoms with Crippen LogP contribution in [0.5, 0.6) is 0 Å². The number of anilines is 1. The number of hydrogen-bond acceptors (Lipinski definition) is 4. The maximum atomic E-state index is 11.4. The van der Waals surface area contributed by atoms with E-state index in [0.717, 1.165) is 66.6 Å². The van der Waals surface area contributed by atoms with Crippen molar-refractivity contribution in [2.24, 2.45) is 0 Å². The molecule has 0 unspecified atom stereocenters. The highest BCUT2D eigenvalue weighted by Crippen LogP contribution is 2.25. The zero-order valence-corrected chi connectivity index (χ0v) is 17.8. The van der Waals surface area contributed by atoms with Crippen LogP contribution < -0.4 is 5.32 Å². The molecule has 0 radical (unpaired) electrons. The zero-order chi connectivity index (χ0) is 21.5. The molecule has 1 aromatic carbocycles. The molecule has 0 aliphatic carbocycles. The molecule has 4 rings (SSSR count). The van der Waals surface area contributed by atoms with Gasteiger partial charge in [-0.05, 0) is 67.9 Å². The number of rotatable bonds is 9. The highest BCUT2D eigenvalue weighted by atomic mass is 16.4. The molecular weight excluding hydrogens is 386 g/mol. The van der Waals surface area contributed by atoms with Crippen molar-refractivity contribution in [3.8, 4) is 0 Å². The third-order valence-corrected chi connectivity index (χ3v) is 5.81. The molecule has 2 N–H and O–H groups in total. The molecule has 3 heterocycles. The number of nitrogens with zero attached hydrogens (tertiary/aromatic N) is 2. The normalized spacial score (nSPS) is 14.3. The molecule has 5 heteroatoms. The second-order valence-corrected chi connectivity index (χ2v) is 8.18. The summed E-state index contributed by atoms with van der Waals surface area (Å²) in [6, 6.07) is 14.3. The van der Waals surface area contributed by atoms with Gasteiger partial charge in [0.1, 0.15) is 5.82 Å². The van der Waals surface area contributed by atoms with Gasteiger partial charge in [-0.2, -0.15) is 0 Å². The Morgan fingerprint density at radius 3 is 3.00 bits per heavy atom. The predicted molar refractivity (Wildman–Crippen MR) is 124 cm³/mol. The molecule has 0 fully saturated rings. The van der Waals surface area contributed by atoms with E-state index in [9.17, 15) is 9.90 Å². The van der Waals surface area contributed by atoms with Crippen molar-refractivity contribution < 1.29 is 9.90 Å². The number of pyridine rings is 2. The highest BCUT2D eigenvalue weighted by molar-refractivity contribution is 5.79. The molecule has 0 bridgehead atoms. The Morgan fingerprint density at radius 1 is 1.19 bits per heavy atom. The summed E-state index contributed by atoms with van der Waals surface area (Å²) in [4.78, 5) is 20.6. The fourth-order valence-electron chi connectivity index (χ4n) is 4.11. The molecule has 3 aromatic rings. The number of hydrogen-bond donors (Lipinski definition) is 2. The maximum Gasteiger partial charge on any atom is 0.304 e. The van der Waals surface area contributed by atoms with Crippen molar-refractivity contribution in [2.75, 3.05) is 11.9 Å². The number of carboxylic acids is 1. The van der Waals surface area contributed by atoms with Crippen molar-refractivity contribution >= 4 is 22.7 Å². The second kappa shape index (κ2) is 10.2. The molecule has 0 spiro atoms. The molecule has 0 saturated carbocycles. The van der Waals surface area contributed by atoms with Gasteiger partial charge in [0.15, 0.2) is 0 Å². The van der Waals surface area contributed by atoms with Crippen LogP contribution in [-0.4, -0.2) is 27.6 Å². The molecule has 0 saturated heterocycles. The van der Waals surface area contributed by atoms with Crippen molar-refractivity contribution in [3.05, 3.63) is 77.6 Å². The lowest BCUT2D eigenvalue weighted by Gasteiger charge is -2.17. The third kappa shape index (κ3) is 5.69. The van der Waals surface area contributed by atoms with Gasteiger partial charge in [0.25, 0.3) is 0 Å². The van der Waals surface area contributed by atoms with Gasteiger partial charge in [0.2, 0.25) is 0 Å². The lowest BCUT2D eigenvalue weighted by Crippen LogP contribution is -2.13. The SMILES string of the molecule is O=C(O)C[C@H](/C=C/CCCCc1ccc2c(n1)NCCC2)c1cnc2ccccc2c1. The maximum absolute atomic E-state index is 11.4. The summed E-state index contributed by atoms with van der Waals surface area (Å²) in [5.74, 6) is 0.0991. The van der Waals surface area contributed by atoms with Crippen molar-refractivity contribution in [2.45, 2.75) is 50.9 Å². The van der Waals surface area contributed by atoms with Crippen LogP contribution in [0.15, 0.2) is 60.8 Å². The summed E-state index contributed by atoms with van der Waals surface area (Å²) in [7, 11) is 0. The van der Waals surface area contributed by atoms with Gasteiger partial charge in [-0.1, -0.05) is 36.4 Å². The number of carboxylic acid groups (broad SMARTS) is 1. The lowest BCUT2D eigenvalue weighted by atomic mass is 9.95. The molecule has 31 heavy (non-hydrogen) atoms. The summed E-state index contributed by atoms with van der Waals surface area (Å²) in [6.07, 6.45) is 12.3. The Morgan fingerprint density at radius 2 is 2.10 bits per heavy atom. The Balaban J connectivity index is 1.31. The summed E-state index contributed by atoms with van der Waals surface area (Å²) in [5, 5.41) is 13.8. The van der Waals surface area contributed by atoms with Crippen LogP contribution in [0, 0.1) is 0 Å². The first-order valence-electron chi connectivity index (χ1n) is 11.1. The van der Waals surface area contributed by atoms with Crippen LogP contribution in [0.4, 0.5) is 5.82 Å². The number of aromatic nitrogens is 2. The standard InChI is InChI=1S/C26H29N3O2/c30-25(31)17-20(22-16-21-9-5-6-12-24(21)28-18-22)8-3-1-2-4-11-23-14-13-19-10-7-15-27-26(19)29-23/h3,5-6,8-9,12-14,16,18,20H,1-2,4,7,10-11,15,17H2,(H,27,29)(H,30,31)/b8-3+/t20-/m0/s1. The van der Waals surface area contributed by atoms with Crippen molar-refractivity contribution in [1.29, 1.82) is 0 Å². The Labute approximate surface area is 183 Å². The summed E-state index contributed by atoms with van der Waals surface area (Å²) < 4.78 is 0. The summed E-state index contributed by atoms with van der Waals surface area (Å²) in [5.41, 5.74) is 4.34. The topological polar surface area (TPSA) is 75.1 Å². The fourth-order valence-corrected chi connectivity index (χ4v) is 4.11. The average molecular weight is 416 g/mol. The second-order valence-electron chi connectivity index (χ2n) is 8.18. The van der Waals surface area contributed by atoms with Gasteiger partial charge >= 0.3 is 5.97 Å². The first-order valence-corrected chi connectivity index (χ1v) is 11.1. The van der Waals surface area contributed by atoms with Gasteiger partial charge in [-0.15, -0.1) is 0 Å². The van der Waals surface area contributed by atoms with E-state index in [1.807, 2.05) is 30.3 Å². The number of benzene rings is 1. The van der Waals surface area contributed by atoms with Crippen molar-refractivity contribution in [1.82, 2.24) is 9.97 Å². The van der Waals surface area contributed by atoms with E-state index in [0.29, 0.717) is 0 Å². The molecule has 1 atom stereocenters. The van der Waals surface area contributed by atoms with Crippen LogP contribution in [0.1, 0.15) is 54.8 Å². The first-order chi connectivity index (χ1) is 15.2.